The van der Waals surface area contributed by atoms with Gasteiger partial charge in [0.1, 0.15) is 30.1 Å². The molecule has 0 N–H and O–H groups in total. The number of amides is 1. The van der Waals surface area contributed by atoms with Crippen LogP contribution in [0.2, 0.25) is 0 Å². The summed E-state index contributed by atoms with van der Waals surface area (Å²) in [6.07, 6.45) is 5.01. The van der Waals surface area contributed by atoms with Crippen molar-refractivity contribution in [3.8, 4) is 5.69 Å². The fourth-order valence-electron chi connectivity index (χ4n) is 4.58. The fourth-order valence-corrected chi connectivity index (χ4v) is 5.30. The lowest BCUT2D eigenvalue weighted by Crippen LogP contribution is -2.34. The van der Waals surface area contributed by atoms with Gasteiger partial charge >= 0.3 is 0 Å². The van der Waals surface area contributed by atoms with Crippen LogP contribution in [0.1, 0.15) is 34.2 Å². The predicted molar refractivity (Wildman–Crippen MR) is 136 cm³/mol. The third-order valence-corrected chi connectivity index (χ3v) is 7.07. The number of benzene rings is 1. The molecule has 6 rings (SSSR count). The van der Waals surface area contributed by atoms with Gasteiger partial charge in [-0.2, -0.15) is 10.2 Å². The minimum Gasteiger partial charge on any atom is -0.467 e. The molecular weight excluding hydrogens is 476 g/mol. The van der Waals surface area contributed by atoms with Gasteiger partial charge in [0.25, 0.3) is 11.5 Å². The van der Waals surface area contributed by atoms with Crippen LogP contribution in [-0.2, 0) is 11.3 Å². The second-order valence-corrected chi connectivity index (χ2v) is 9.76. The zero-order valence-corrected chi connectivity index (χ0v) is 20.5. The molecule has 0 aliphatic carbocycles. The zero-order chi connectivity index (χ0) is 24.8. The van der Waals surface area contributed by atoms with Crippen molar-refractivity contribution in [2.24, 2.45) is 5.10 Å². The normalized spacial score (nSPS) is 15.6. The van der Waals surface area contributed by atoms with Gasteiger partial charge in [0.05, 0.1) is 28.7 Å². The first-order chi connectivity index (χ1) is 17.5. The number of carbonyl (C=O) groups excluding carboxylic acids is 1. The minimum absolute atomic E-state index is 0.199. The van der Waals surface area contributed by atoms with Crippen molar-refractivity contribution in [3.05, 3.63) is 98.8 Å². The number of carbonyl (C=O) groups is 1. The Morgan fingerprint density at radius 1 is 1.17 bits per heavy atom. The number of fused-ring (bicyclic) bond motifs is 1. The number of hydrogen-bond acceptors (Lipinski definition) is 7. The summed E-state index contributed by atoms with van der Waals surface area (Å²) in [6, 6.07) is 13.2. The van der Waals surface area contributed by atoms with E-state index in [4.69, 9.17) is 4.42 Å². The van der Waals surface area contributed by atoms with Crippen LogP contribution in [0, 0.1) is 13.8 Å². The van der Waals surface area contributed by atoms with Crippen molar-refractivity contribution < 1.29 is 9.21 Å². The third-order valence-electron chi connectivity index (χ3n) is 6.15. The molecule has 5 heterocycles. The molecule has 0 bridgehead atoms. The van der Waals surface area contributed by atoms with E-state index in [2.05, 4.69) is 21.3 Å². The Hall–Kier alpha value is -4.31. The van der Waals surface area contributed by atoms with Crippen molar-refractivity contribution in [1.82, 2.24) is 24.3 Å². The quantitative estimate of drug-likeness (QED) is 0.361. The Morgan fingerprint density at radius 2 is 2.00 bits per heavy atom. The average Bonchev–Trinajstić information content (AvgIpc) is 3.66. The summed E-state index contributed by atoms with van der Waals surface area (Å²) in [6.45, 7) is 3.82. The van der Waals surface area contributed by atoms with Crippen LogP contribution in [0.3, 0.4) is 0 Å². The summed E-state index contributed by atoms with van der Waals surface area (Å²) in [5.41, 5.74) is 3.94. The van der Waals surface area contributed by atoms with Crippen LogP contribution in [0.4, 0.5) is 0 Å². The van der Waals surface area contributed by atoms with Gasteiger partial charge in [-0.15, -0.1) is 11.3 Å². The molecule has 180 valence electrons. The smallest absolute Gasteiger partial charge is 0.264 e. The molecule has 1 unspecified atom stereocenters. The minimum atomic E-state index is -0.371. The van der Waals surface area contributed by atoms with Gasteiger partial charge < -0.3 is 4.42 Å². The van der Waals surface area contributed by atoms with Crippen LogP contribution < -0.4 is 5.56 Å². The molecule has 9 nitrogen and oxygen atoms in total. The van der Waals surface area contributed by atoms with Gasteiger partial charge in [-0.1, -0.05) is 12.1 Å². The highest BCUT2D eigenvalue weighted by atomic mass is 32.1. The number of aryl methyl sites for hydroxylation is 2. The van der Waals surface area contributed by atoms with Crippen molar-refractivity contribution in [3.63, 3.8) is 0 Å². The molecule has 0 radical (unpaired) electrons. The fraction of sp³-hybridized carbons (Fsp3) is 0.192. The van der Waals surface area contributed by atoms with Crippen LogP contribution in [-0.4, -0.2) is 36.0 Å². The number of hydrogen-bond donors (Lipinski definition) is 0. The molecule has 1 amide bonds. The van der Waals surface area contributed by atoms with E-state index in [1.807, 2.05) is 49.6 Å². The van der Waals surface area contributed by atoms with E-state index < -0.39 is 0 Å². The molecule has 1 aromatic carbocycles. The molecule has 0 fully saturated rings. The lowest BCUT2D eigenvalue weighted by molar-refractivity contribution is -0.134. The Bertz CT molecular complexity index is 1640. The first-order valence-electron chi connectivity index (χ1n) is 11.5. The van der Waals surface area contributed by atoms with Crippen molar-refractivity contribution in [2.45, 2.75) is 32.9 Å². The highest BCUT2D eigenvalue weighted by Gasteiger charge is 2.35. The largest absolute Gasteiger partial charge is 0.467 e. The lowest BCUT2D eigenvalue weighted by Gasteiger charge is -2.20. The van der Waals surface area contributed by atoms with E-state index in [0.717, 1.165) is 27.4 Å². The summed E-state index contributed by atoms with van der Waals surface area (Å²) in [4.78, 5) is 32.1. The molecule has 5 aromatic rings. The molecule has 36 heavy (non-hydrogen) atoms. The van der Waals surface area contributed by atoms with Crippen LogP contribution in [0.5, 0.6) is 0 Å². The Labute approximate surface area is 209 Å². The number of aromatic nitrogens is 4. The van der Waals surface area contributed by atoms with Gasteiger partial charge in [0.2, 0.25) is 0 Å². The molecule has 0 saturated carbocycles. The SMILES string of the molecule is Cc1cc(C)cc(-n2ncc3c(=O)n(CC(=O)N4N=C(c5cccs5)CC4c4ccco4)cnc32)c1. The van der Waals surface area contributed by atoms with Gasteiger partial charge in [-0.05, 0) is 60.7 Å². The van der Waals surface area contributed by atoms with Crippen LogP contribution in [0.15, 0.2) is 80.9 Å². The summed E-state index contributed by atoms with van der Waals surface area (Å²) < 4.78 is 8.55. The van der Waals surface area contributed by atoms with Gasteiger partial charge in [-0.3, -0.25) is 14.2 Å². The number of thiophene rings is 1. The topological polar surface area (TPSA) is 98.5 Å². The summed E-state index contributed by atoms with van der Waals surface area (Å²) >= 11 is 1.57. The number of furan rings is 1. The van der Waals surface area contributed by atoms with Crippen LogP contribution >= 0.6 is 11.3 Å². The van der Waals surface area contributed by atoms with Crippen molar-refractivity contribution in [2.75, 3.05) is 0 Å². The maximum Gasteiger partial charge on any atom is 0.264 e. The Balaban J connectivity index is 1.32. The molecule has 1 aliphatic heterocycles. The Kier molecular flexibility index (Phi) is 5.37. The number of nitrogens with zero attached hydrogens (tertiary/aromatic N) is 6. The van der Waals surface area contributed by atoms with E-state index in [1.165, 1.54) is 22.1 Å². The van der Waals surface area contributed by atoms with E-state index in [9.17, 15) is 9.59 Å². The molecule has 1 atom stereocenters. The summed E-state index contributed by atoms with van der Waals surface area (Å²) in [5.74, 6) is 0.321. The van der Waals surface area contributed by atoms with Gasteiger partial charge in [-0.25, -0.2) is 14.7 Å². The number of rotatable bonds is 5. The first-order valence-corrected chi connectivity index (χ1v) is 12.3. The highest BCUT2D eigenvalue weighted by molar-refractivity contribution is 7.12. The molecule has 4 aromatic heterocycles. The van der Waals surface area contributed by atoms with Crippen LogP contribution in [0.25, 0.3) is 16.7 Å². The van der Waals surface area contributed by atoms with Crippen molar-refractivity contribution >= 4 is 34.0 Å². The molecule has 0 saturated heterocycles. The molecule has 0 spiro atoms. The third kappa shape index (κ3) is 3.85. The second-order valence-electron chi connectivity index (χ2n) is 8.81. The van der Waals surface area contributed by atoms with E-state index in [0.29, 0.717) is 23.2 Å². The van der Waals surface area contributed by atoms with Crippen molar-refractivity contribution in [1.29, 1.82) is 0 Å². The van der Waals surface area contributed by atoms with Gasteiger partial charge in [0.15, 0.2) is 5.65 Å². The Morgan fingerprint density at radius 3 is 2.72 bits per heavy atom. The number of hydrazone groups is 1. The maximum absolute atomic E-state index is 13.4. The molecular formula is C26H22N6O3S. The molecule has 1 aliphatic rings. The van der Waals surface area contributed by atoms with E-state index in [1.54, 1.807) is 28.3 Å². The molecule has 10 heteroatoms. The van der Waals surface area contributed by atoms with E-state index in [-0.39, 0.29) is 24.1 Å². The highest BCUT2D eigenvalue weighted by Crippen LogP contribution is 2.34. The lowest BCUT2D eigenvalue weighted by atomic mass is 10.1. The second kappa shape index (κ2) is 8.72. The maximum atomic E-state index is 13.4. The van der Waals surface area contributed by atoms with E-state index >= 15 is 0 Å². The standard InChI is InChI=1S/C26H22N6O3S/c1-16-9-17(2)11-18(10-16)31-25-19(13-28-31)26(34)30(15-27-25)14-24(33)32-21(22-5-3-7-35-22)12-20(29-32)23-6-4-8-36-23/h3-11,13,15,21H,12,14H2,1-2H3. The van der Waals surface area contributed by atoms with Gasteiger partial charge in [0, 0.05) is 6.42 Å². The zero-order valence-electron chi connectivity index (χ0n) is 19.7. The first kappa shape index (κ1) is 22.2. The predicted octanol–water partition coefficient (Wildman–Crippen LogP) is 4.23. The average molecular weight is 499 g/mol. The summed E-state index contributed by atoms with van der Waals surface area (Å²) in [5, 5.41) is 12.8. The monoisotopic (exact) mass is 498 g/mol. The summed E-state index contributed by atoms with van der Waals surface area (Å²) in [7, 11) is 0.